The molecular formula is C20H30N2O4. The van der Waals surface area contributed by atoms with Crippen molar-refractivity contribution in [2.75, 3.05) is 19.6 Å². The molecule has 1 saturated heterocycles. The van der Waals surface area contributed by atoms with E-state index >= 15 is 0 Å². The van der Waals surface area contributed by atoms with E-state index < -0.39 is 11.6 Å². The second kappa shape index (κ2) is 8.08. The van der Waals surface area contributed by atoms with Crippen LogP contribution in [0.5, 0.6) is 0 Å². The van der Waals surface area contributed by atoms with Crippen molar-refractivity contribution in [1.82, 2.24) is 9.80 Å². The summed E-state index contributed by atoms with van der Waals surface area (Å²) in [5.74, 6) is -0.631. The summed E-state index contributed by atoms with van der Waals surface area (Å²) in [7, 11) is 0. The smallest absolute Gasteiger partial charge is 0.410 e. The van der Waals surface area contributed by atoms with Gasteiger partial charge in [-0.05, 0) is 38.3 Å². The summed E-state index contributed by atoms with van der Waals surface area (Å²) in [6, 6.07) is 7.13. The SMILES string of the molecule is CC(C)[C@@H]1CN(Cc2ccccc2C(=O)O)CCN1C(=O)OC(C)(C)C. The van der Waals surface area contributed by atoms with Crippen LogP contribution >= 0.6 is 0 Å². The quantitative estimate of drug-likeness (QED) is 0.888. The Morgan fingerprint density at radius 2 is 1.88 bits per heavy atom. The molecule has 2 rings (SSSR count). The minimum Gasteiger partial charge on any atom is -0.478 e. The van der Waals surface area contributed by atoms with Crippen LogP contribution in [-0.2, 0) is 11.3 Å². The summed E-state index contributed by atoms with van der Waals surface area (Å²) in [4.78, 5) is 28.0. The fraction of sp³-hybridized carbons (Fsp3) is 0.600. The van der Waals surface area contributed by atoms with Gasteiger partial charge in [0, 0.05) is 26.2 Å². The summed E-state index contributed by atoms with van der Waals surface area (Å²) in [6.45, 7) is 12.3. The van der Waals surface area contributed by atoms with E-state index in [2.05, 4.69) is 18.7 Å². The molecule has 0 radical (unpaired) electrons. The highest BCUT2D eigenvalue weighted by Gasteiger charge is 2.35. The summed E-state index contributed by atoms with van der Waals surface area (Å²) in [5, 5.41) is 9.37. The Balaban J connectivity index is 2.10. The molecule has 0 unspecified atom stereocenters. The van der Waals surface area contributed by atoms with Crippen LogP contribution in [0.25, 0.3) is 0 Å². The number of carbonyl (C=O) groups is 2. The standard InChI is InChI=1S/C20H30N2O4/c1-14(2)17-13-21(10-11-22(17)19(25)26-20(3,4)5)12-15-8-6-7-9-16(15)18(23)24/h6-9,14,17H,10-13H2,1-5H3,(H,23,24)/t17-/m0/s1. The third-order valence-corrected chi connectivity index (χ3v) is 4.54. The van der Waals surface area contributed by atoms with Crippen molar-refractivity contribution >= 4 is 12.1 Å². The Morgan fingerprint density at radius 3 is 2.46 bits per heavy atom. The Morgan fingerprint density at radius 1 is 1.23 bits per heavy atom. The number of hydrogen-bond donors (Lipinski definition) is 1. The predicted octanol–water partition coefficient (Wildman–Crippen LogP) is 3.46. The fourth-order valence-electron chi connectivity index (χ4n) is 3.24. The summed E-state index contributed by atoms with van der Waals surface area (Å²) >= 11 is 0. The van der Waals surface area contributed by atoms with Gasteiger partial charge in [0.25, 0.3) is 0 Å². The number of benzene rings is 1. The zero-order chi connectivity index (χ0) is 19.5. The molecule has 0 spiro atoms. The van der Waals surface area contributed by atoms with E-state index in [0.29, 0.717) is 31.7 Å². The van der Waals surface area contributed by atoms with Gasteiger partial charge in [-0.3, -0.25) is 4.90 Å². The number of piperazine rings is 1. The van der Waals surface area contributed by atoms with Crippen LogP contribution in [0.3, 0.4) is 0 Å². The molecule has 1 aliphatic rings. The van der Waals surface area contributed by atoms with E-state index in [-0.39, 0.29) is 18.1 Å². The van der Waals surface area contributed by atoms with Gasteiger partial charge in [-0.1, -0.05) is 32.0 Å². The molecule has 1 amide bonds. The third-order valence-electron chi connectivity index (χ3n) is 4.54. The first-order valence-electron chi connectivity index (χ1n) is 9.11. The van der Waals surface area contributed by atoms with Crippen LogP contribution in [0.4, 0.5) is 4.79 Å². The number of carbonyl (C=O) groups excluding carboxylic acids is 1. The summed E-state index contributed by atoms with van der Waals surface area (Å²) in [6.07, 6.45) is -0.276. The van der Waals surface area contributed by atoms with E-state index in [1.807, 2.05) is 37.8 Å². The maximum Gasteiger partial charge on any atom is 0.410 e. The van der Waals surface area contributed by atoms with Crippen molar-refractivity contribution in [3.05, 3.63) is 35.4 Å². The minimum absolute atomic E-state index is 0.0376. The molecule has 0 bridgehead atoms. The number of amides is 1. The van der Waals surface area contributed by atoms with E-state index in [9.17, 15) is 14.7 Å². The Bertz CT molecular complexity index is 651. The van der Waals surface area contributed by atoms with E-state index in [0.717, 1.165) is 5.56 Å². The molecular weight excluding hydrogens is 332 g/mol. The van der Waals surface area contributed by atoms with Crippen LogP contribution in [0.15, 0.2) is 24.3 Å². The Labute approximate surface area is 155 Å². The van der Waals surface area contributed by atoms with E-state index in [4.69, 9.17) is 4.74 Å². The molecule has 0 aromatic heterocycles. The molecule has 1 aromatic carbocycles. The van der Waals surface area contributed by atoms with Gasteiger partial charge in [0.2, 0.25) is 0 Å². The van der Waals surface area contributed by atoms with Crippen LogP contribution < -0.4 is 0 Å². The zero-order valence-corrected chi connectivity index (χ0v) is 16.4. The second-order valence-electron chi connectivity index (χ2n) is 8.18. The number of nitrogens with zero attached hydrogens (tertiary/aromatic N) is 2. The maximum absolute atomic E-state index is 12.5. The lowest BCUT2D eigenvalue weighted by Gasteiger charge is -2.43. The monoisotopic (exact) mass is 362 g/mol. The van der Waals surface area contributed by atoms with Gasteiger partial charge in [-0.2, -0.15) is 0 Å². The predicted molar refractivity (Wildman–Crippen MR) is 100 cm³/mol. The van der Waals surface area contributed by atoms with Gasteiger partial charge in [0.15, 0.2) is 0 Å². The normalized spacial score (nSPS) is 18.8. The lowest BCUT2D eigenvalue weighted by molar-refractivity contribution is -0.0106. The van der Waals surface area contributed by atoms with E-state index in [1.165, 1.54) is 0 Å². The van der Waals surface area contributed by atoms with Gasteiger partial charge in [-0.25, -0.2) is 9.59 Å². The van der Waals surface area contributed by atoms with Crippen molar-refractivity contribution in [2.24, 2.45) is 5.92 Å². The van der Waals surface area contributed by atoms with Gasteiger partial charge in [0.05, 0.1) is 11.6 Å². The summed E-state index contributed by atoms with van der Waals surface area (Å²) in [5.41, 5.74) is 0.618. The first-order chi connectivity index (χ1) is 12.1. The lowest BCUT2D eigenvalue weighted by atomic mass is 9.99. The van der Waals surface area contributed by atoms with Crippen LogP contribution in [0.1, 0.15) is 50.5 Å². The highest BCUT2D eigenvalue weighted by Crippen LogP contribution is 2.22. The molecule has 0 aliphatic carbocycles. The zero-order valence-electron chi connectivity index (χ0n) is 16.4. The molecule has 144 valence electrons. The van der Waals surface area contributed by atoms with Crippen molar-refractivity contribution in [2.45, 2.75) is 52.8 Å². The first-order valence-corrected chi connectivity index (χ1v) is 9.11. The van der Waals surface area contributed by atoms with Gasteiger partial charge in [0.1, 0.15) is 5.60 Å². The Hall–Kier alpha value is -2.08. The van der Waals surface area contributed by atoms with Gasteiger partial charge in [-0.15, -0.1) is 0 Å². The van der Waals surface area contributed by atoms with Crippen molar-refractivity contribution in [1.29, 1.82) is 0 Å². The second-order valence-corrected chi connectivity index (χ2v) is 8.18. The highest BCUT2D eigenvalue weighted by molar-refractivity contribution is 5.89. The third kappa shape index (κ3) is 5.21. The average molecular weight is 362 g/mol. The highest BCUT2D eigenvalue weighted by atomic mass is 16.6. The minimum atomic E-state index is -0.909. The largest absolute Gasteiger partial charge is 0.478 e. The lowest BCUT2D eigenvalue weighted by Crippen LogP contribution is -2.57. The Kier molecular flexibility index (Phi) is 6.29. The number of carboxylic acids is 1. The average Bonchev–Trinajstić information content (AvgIpc) is 2.53. The first kappa shape index (κ1) is 20.2. The molecule has 6 nitrogen and oxygen atoms in total. The molecule has 0 saturated carbocycles. The van der Waals surface area contributed by atoms with Gasteiger partial charge < -0.3 is 14.7 Å². The molecule has 1 aromatic rings. The number of ether oxygens (including phenoxy) is 1. The topological polar surface area (TPSA) is 70.1 Å². The number of hydrogen-bond acceptors (Lipinski definition) is 4. The maximum atomic E-state index is 12.5. The van der Waals surface area contributed by atoms with Crippen molar-refractivity contribution in [3.8, 4) is 0 Å². The van der Waals surface area contributed by atoms with E-state index in [1.54, 1.807) is 12.1 Å². The molecule has 1 heterocycles. The van der Waals surface area contributed by atoms with Crippen LogP contribution in [-0.4, -0.2) is 58.2 Å². The molecule has 1 atom stereocenters. The molecule has 26 heavy (non-hydrogen) atoms. The summed E-state index contributed by atoms with van der Waals surface area (Å²) < 4.78 is 5.55. The molecule has 1 N–H and O–H groups in total. The van der Waals surface area contributed by atoms with Crippen LogP contribution in [0, 0.1) is 5.92 Å². The molecule has 1 aliphatic heterocycles. The molecule has 6 heteroatoms. The molecule has 1 fully saturated rings. The van der Waals surface area contributed by atoms with Gasteiger partial charge >= 0.3 is 12.1 Å². The number of rotatable bonds is 4. The van der Waals surface area contributed by atoms with Crippen LogP contribution in [0.2, 0.25) is 0 Å². The fourth-order valence-corrected chi connectivity index (χ4v) is 3.24. The number of aromatic carboxylic acids is 1. The number of carboxylic acid groups (broad SMARTS) is 1. The van der Waals surface area contributed by atoms with Crippen molar-refractivity contribution in [3.63, 3.8) is 0 Å². The van der Waals surface area contributed by atoms with Crippen molar-refractivity contribution < 1.29 is 19.4 Å².